The van der Waals surface area contributed by atoms with Crippen LogP contribution in [-0.4, -0.2) is 88.5 Å². The first-order chi connectivity index (χ1) is 17.4. The third kappa shape index (κ3) is 4.94. The van der Waals surface area contributed by atoms with E-state index in [4.69, 9.17) is 4.42 Å². The van der Waals surface area contributed by atoms with Crippen LogP contribution in [0.4, 0.5) is 0 Å². The molecule has 2 fully saturated rings. The molecular weight excluding hydrogens is 454 g/mol. The highest BCUT2D eigenvalue weighted by Gasteiger charge is 2.48. The molecule has 0 spiro atoms. The van der Waals surface area contributed by atoms with Crippen molar-refractivity contribution in [2.75, 3.05) is 45.8 Å². The van der Waals surface area contributed by atoms with Gasteiger partial charge in [-0.15, -0.1) is 0 Å². The van der Waals surface area contributed by atoms with Crippen molar-refractivity contribution < 1.29 is 14.0 Å². The molecule has 1 saturated carbocycles. The number of piperazine rings is 1. The minimum absolute atomic E-state index is 0.0244. The molecule has 36 heavy (non-hydrogen) atoms. The predicted molar refractivity (Wildman–Crippen MR) is 141 cm³/mol. The summed E-state index contributed by atoms with van der Waals surface area (Å²) in [5.74, 6) is 0.723. The fourth-order valence-electron chi connectivity index (χ4n) is 6.40. The van der Waals surface area contributed by atoms with E-state index in [1.165, 1.54) is 19.4 Å². The summed E-state index contributed by atoms with van der Waals surface area (Å²) in [5.41, 5.74) is 1.31. The fraction of sp³-hybridized carbons (Fsp3) is 0.714. The Hall–Kier alpha value is -2.32. The van der Waals surface area contributed by atoms with Crippen LogP contribution in [0.1, 0.15) is 75.0 Å². The molecule has 0 unspecified atom stereocenters. The molecule has 5 rings (SSSR count). The molecule has 3 aliphatic rings. The number of aromatic nitrogens is 1. The Balaban J connectivity index is 1.32. The first-order valence-corrected chi connectivity index (χ1v) is 14.1. The number of hydrogen-bond acceptors (Lipinski definition) is 5. The van der Waals surface area contributed by atoms with Gasteiger partial charge in [0.05, 0.1) is 12.1 Å². The first kappa shape index (κ1) is 25.3. The molecule has 2 aliphatic heterocycles. The number of furan rings is 1. The summed E-state index contributed by atoms with van der Waals surface area (Å²) >= 11 is 0. The molecule has 8 nitrogen and oxygen atoms in total. The lowest BCUT2D eigenvalue weighted by Crippen LogP contribution is -2.65. The topological polar surface area (TPSA) is 74.0 Å². The zero-order valence-corrected chi connectivity index (χ0v) is 22.4. The molecule has 0 bridgehead atoms. The molecule has 2 aromatic rings. The Morgan fingerprint density at radius 2 is 1.75 bits per heavy atom. The average molecular weight is 498 g/mol. The third-order valence-electron chi connectivity index (χ3n) is 8.53. The van der Waals surface area contributed by atoms with Crippen LogP contribution < -0.4 is 5.32 Å². The third-order valence-corrected chi connectivity index (χ3v) is 8.53. The van der Waals surface area contributed by atoms with Crippen LogP contribution in [-0.2, 0) is 11.3 Å². The van der Waals surface area contributed by atoms with Gasteiger partial charge >= 0.3 is 0 Å². The lowest BCUT2D eigenvalue weighted by Gasteiger charge is -2.45. The highest BCUT2D eigenvalue weighted by Crippen LogP contribution is 2.34. The highest BCUT2D eigenvalue weighted by atomic mass is 16.3. The number of carbonyl (C=O) groups is 2. The van der Waals surface area contributed by atoms with Crippen molar-refractivity contribution in [3.05, 3.63) is 23.6 Å². The van der Waals surface area contributed by atoms with E-state index in [1.807, 2.05) is 35.4 Å². The lowest BCUT2D eigenvalue weighted by atomic mass is 9.91. The first-order valence-electron chi connectivity index (χ1n) is 14.1. The van der Waals surface area contributed by atoms with E-state index in [0.29, 0.717) is 18.8 Å². The van der Waals surface area contributed by atoms with Crippen molar-refractivity contribution in [2.45, 2.75) is 83.8 Å². The Morgan fingerprint density at radius 1 is 1.06 bits per heavy atom. The summed E-state index contributed by atoms with van der Waals surface area (Å²) < 4.78 is 7.84. The fourth-order valence-corrected chi connectivity index (χ4v) is 6.40. The number of rotatable bonds is 8. The number of nitrogens with zero attached hydrogens (tertiary/aromatic N) is 4. The minimum Gasteiger partial charge on any atom is -0.460 e. The smallest absolute Gasteiger partial charge is 0.271 e. The van der Waals surface area contributed by atoms with Crippen LogP contribution in [0, 0.1) is 6.92 Å². The molecular formula is C28H43N5O3. The zero-order chi connectivity index (χ0) is 25.3. The second kappa shape index (κ2) is 10.6. The van der Waals surface area contributed by atoms with Crippen LogP contribution in [0.3, 0.4) is 0 Å². The molecule has 1 aliphatic carbocycles. The molecule has 2 aromatic heterocycles. The second-order valence-corrected chi connectivity index (χ2v) is 11.3. The number of aryl methyl sites for hydroxylation is 1. The Kier molecular flexibility index (Phi) is 7.45. The van der Waals surface area contributed by atoms with E-state index in [-0.39, 0.29) is 17.9 Å². The van der Waals surface area contributed by atoms with Crippen LogP contribution in [0.25, 0.3) is 11.1 Å². The molecule has 0 aromatic carbocycles. The number of carbonyl (C=O) groups excluding carboxylic acids is 2. The van der Waals surface area contributed by atoms with Gasteiger partial charge in [0.1, 0.15) is 17.0 Å². The maximum Gasteiger partial charge on any atom is 0.271 e. The average Bonchev–Trinajstić information content (AvgIpc) is 3.39. The SMILES string of the molecule is CCCN1CCN(CCCN2C(=O)c3cc4oc(C)cc4n3C[C@@]2(C)C(=O)NC2CCCCC2)CC1. The largest absolute Gasteiger partial charge is 0.460 e. The highest BCUT2D eigenvalue weighted by molar-refractivity contribution is 6.03. The molecule has 1 atom stereocenters. The molecule has 4 heterocycles. The molecule has 2 amide bonds. The van der Waals surface area contributed by atoms with Gasteiger partial charge < -0.3 is 29.0 Å². The number of hydrogen-bond donors (Lipinski definition) is 1. The van der Waals surface area contributed by atoms with E-state index in [0.717, 1.165) is 81.7 Å². The molecule has 8 heteroatoms. The summed E-state index contributed by atoms with van der Waals surface area (Å²) in [6.07, 6.45) is 7.68. The van der Waals surface area contributed by atoms with Gasteiger partial charge in [-0.3, -0.25) is 9.59 Å². The summed E-state index contributed by atoms with van der Waals surface area (Å²) in [6, 6.07) is 4.03. The molecule has 0 radical (unpaired) electrons. The Labute approximate surface area is 214 Å². The van der Waals surface area contributed by atoms with Crippen molar-refractivity contribution in [1.29, 1.82) is 0 Å². The van der Waals surface area contributed by atoms with E-state index in [1.54, 1.807) is 0 Å². The maximum atomic E-state index is 13.8. The van der Waals surface area contributed by atoms with Crippen molar-refractivity contribution in [1.82, 2.24) is 24.6 Å². The molecule has 1 saturated heterocycles. The number of amides is 2. The normalized spacial score (nSPS) is 24.4. The van der Waals surface area contributed by atoms with Crippen LogP contribution in [0.5, 0.6) is 0 Å². The van der Waals surface area contributed by atoms with Crippen molar-refractivity contribution in [2.24, 2.45) is 0 Å². The number of fused-ring (bicyclic) bond motifs is 3. The summed E-state index contributed by atoms with van der Waals surface area (Å²) in [4.78, 5) is 34.5. The molecule has 1 N–H and O–H groups in total. The van der Waals surface area contributed by atoms with Gasteiger partial charge in [0.15, 0.2) is 5.58 Å². The van der Waals surface area contributed by atoms with Crippen LogP contribution in [0.15, 0.2) is 16.5 Å². The monoisotopic (exact) mass is 497 g/mol. The van der Waals surface area contributed by atoms with Crippen LogP contribution >= 0.6 is 0 Å². The minimum atomic E-state index is -0.932. The maximum absolute atomic E-state index is 13.8. The van der Waals surface area contributed by atoms with Gasteiger partial charge in [-0.25, -0.2) is 0 Å². The van der Waals surface area contributed by atoms with Gasteiger partial charge in [-0.2, -0.15) is 0 Å². The van der Waals surface area contributed by atoms with E-state index < -0.39 is 5.54 Å². The Bertz CT molecular complexity index is 1080. The van der Waals surface area contributed by atoms with Crippen molar-refractivity contribution in [3.8, 4) is 0 Å². The van der Waals surface area contributed by atoms with E-state index in [2.05, 4.69) is 22.0 Å². The second-order valence-electron chi connectivity index (χ2n) is 11.3. The van der Waals surface area contributed by atoms with Gasteiger partial charge in [0.2, 0.25) is 5.91 Å². The van der Waals surface area contributed by atoms with Gasteiger partial charge in [0, 0.05) is 50.9 Å². The predicted octanol–water partition coefficient (Wildman–Crippen LogP) is 3.62. The van der Waals surface area contributed by atoms with Gasteiger partial charge in [0.25, 0.3) is 5.91 Å². The summed E-state index contributed by atoms with van der Waals surface area (Å²) in [5, 5.41) is 3.33. The molecule has 198 valence electrons. The van der Waals surface area contributed by atoms with E-state index in [9.17, 15) is 9.59 Å². The summed E-state index contributed by atoms with van der Waals surface area (Å²) in [7, 11) is 0. The van der Waals surface area contributed by atoms with Gasteiger partial charge in [-0.1, -0.05) is 26.2 Å². The van der Waals surface area contributed by atoms with E-state index >= 15 is 0 Å². The Morgan fingerprint density at radius 3 is 2.44 bits per heavy atom. The summed E-state index contributed by atoms with van der Waals surface area (Å²) in [6.45, 7) is 13.6. The van der Waals surface area contributed by atoms with Crippen LogP contribution in [0.2, 0.25) is 0 Å². The lowest BCUT2D eigenvalue weighted by molar-refractivity contribution is -0.133. The quantitative estimate of drug-likeness (QED) is 0.603. The van der Waals surface area contributed by atoms with Crippen molar-refractivity contribution in [3.63, 3.8) is 0 Å². The standard InChI is InChI=1S/C28H43N5O3/c1-4-11-30-14-16-31(17-15-30)12-8-13-33-26(34)24-19-25-23(18-21(2)36-25)32(24)20-28(33,3)27(35)29-22-9-6-5-7-10-22/h18-19,22H,4-17,20H2,1-3H3,(H,29,35)/t28-/m0/s1. The van der Waals surface area contributed by atoms with Crippen molar-refractivity contribution >= 4 is 22.9 Å². The zero-order valence-electron chi connectivity index (χ0n) is 22.4. The van der Waals surface area contributed by atoms with Gasteiger partial charge in [-0.05, 0) is 52.6 Å². The number of nitrogens with one attached hydrogen (secondary N) is 1.